The van der Waals surface area contributed by atoms with Gasteiger partial charge in [0.1, 0.15) is 11.3 Å². The molecule has 1 aliphatic rings. The van der Waals surface area contributed by atoms with Crippen LogP contribution in [0, 0.1) is 0 Å². The molecule has 1 fully saturated rings. The molecule has 1 saturated carbocycles. The molecule has 210 valence electrons. The van der Waals surface area contributed by atoms with Crippen LogP contribution in [0.4, 0.5) is 0 Å². The number of rotatable bonds is 13. The molecule has 3 rings (SSSR count). The molecular weight excluding hydrogens is 548 g/mol. The molecule has 2 aromatic rings. The number of sulfonamides is 1. The van der Waals surface area contributed by atoms with E-state index in [2.05, 4.69) is 10.0 Å². The Balaban J connectivity index is 1.59. The molecule has 0 bridgehead atoms. The number of Topliss-reactive ketones (excluding diaryl/α,β-unsaturated/α-hetero) is 1. The number of carbonyl (C=O) groups is 4. The summed E-state index contributed by atoms with van der Waals surface area (Å²) >= 11 is 1.50. The van der Waals surface area contributed by atoms with Crippen LogP contribution >= 0.6 is 11.8 Å². The maximum Gasteiger partial charge on any atom is 0.339 e. The third kappa shape index (κ3) is 8.80. The van der Waals surface area contributed by atoms with Gasteiger partial charge < -0.3 is 20.6 Å². The van der Waals surface area contributed by atoms with E-state index in [0.717, 1.165) is 43.9 Å². The number of nitrogens with one attached hydrogen (secondary N) is 2. The Kier molecular flexibility index (Phi) is 10.5. The fourth-order valence-electron chi connectivity index (χ4n) is 4.08. The van der Waals surface area contributed by atoms with E-state index in [1.807, 2.05) is 0 Å². The molecule has 0 aromatic heterocycles. The third-order valence-electron chi connectivity index (χ3n) is 6.28. The molecular formula is C26H30N2O9S2. The number of phenols is 1. The molecule has 0 heterocycles. The molecule has 1 aliphatic carbocycles. The monoisotopic (exact) mass is 578 g/mol. The Morgan fingerprint density at radius 3 is 2.26 bits per heavy atom. The second-order valence-corrected chi connectivity index (χ2v) is 12.2. The average molecular weight is 579 g/mol. The Bertz CT molecular complexity index is 1320. The van der Waals surface area contributed by atoms with Crippen LogP contribution in [0.2, 0.25) is 0 Å². The molecule has 5 N–H and O–H groups in total. The number of hydrogen-bond donors (Lipinski definition) is 5. The Morgan fingerprint density at radius 2 is 1.64 bits per heavy atom. The summed E-state index contributed by atoms with van der Waals surface area (Å²) in [5.74, 6) is -4.11. The number of aromatic carboxylic acids is 1. The maximum absolute atomic E-state index is 12.7. The second-order valence-electron chi connectivity index (χ2n) is 9.17. The van der Waals surface area contributed by atoms with Crippen molar-refractivity contribution >= 4 is 45.4 Å². The summed E-state index contributed by atoms with van der Waals surface area (Å²) in [6, 6.07) is 7.53. The van der Waals surface area contributed by atoms with E-state index in [0.29, 0.717) is 10.8 Å². The quantitative estimate of drug-likeness (QED) is 0.236. The van der Waals surface area contributed by atoms with Crippen molar-refractivity contribution in [1.29, 1.82) is 0 Å². The van der Waals surface area contributed by atoms with Crippen molar-refractivity contribution < 1.29 is 42.9 Å². The van der Waals surface area contributed by atoms with E-state index in [4.69, 9.17) is 5.11 Å². The Morgan fingerprint density at radius 1 is 0.974 bits per heavy atom. The molecule has 39 heavy (non-hydrogen) atoms. The molecule has 1 atom stereocenters. The van der Waals surface area contributed by atoms with Gasteiger partial charge in [0.25, 0.3) is 5.91 Å². The van der Waals surface area contributed by atoms with Gasteiger partial charge >= 0.3 is 11.9 Å². The zero-order valence-electron chi connectivity index (χ0n) is 21.0. The molecule has 1 unspecified atom stereocenters. The zero-order chi connectivity index (χ0) is 28.6. The summed E-state index contributed by atoms with van der Waals surface area (Å²) in [4.78, 5) is 47.6. The molecule has 11 nitrogen and oxygen atoms in total. The topological polar surface area (TPSA) is 187 Å². The summed E-state index contributed by atoms with van der Waals surface area (Å²) in [6.45, 7) is -0.175. The average Bonchev–Trinajstić information content (AvgIpc) is 2.90. The third-order valence-corrected chi connectivity index (χ3v) is 9.07. The van der Waals surface area contributed by atoms with Crippen molar-refractivity contribution in [2.75, 3.05) is 5.75 Å². The summed E-state index contributed by atoms with van der Waals surface area (Å²) in [5, 5.41) is 30.8. The first-order chi connectivity index (χ1) is 18.5. The van der Waals surface area contributed by atoms with Crippen LogP contribution in [0.25, 0.3) is 0 Å². The predicted molar refractivity (Wildman–Crippen MR) is 143 cm³/mol. The maximum atomic E-state index is 12.7. The number of thioether (sulfide) groups is 1. The minimum absolute atomic E-state index is 0.122. The molecule has 13 heteroatoms. The lowest BCUT2D eigenvalue weighted by Gasteiger charge is -2.22. The summed E-state index contributed by atoms with van der Waals surface area (Å²) in [6.07, 6.45) is 4.92. The Labute approximate surface area is 230 Å². The van der Waals surface area contributed by atoms with Gasteiger partial charge in [0, 0.05) is 17.4 Å². The number of aromatic hydroxyl groups is 1. The lowest BCUT2D eigenvalue weighted by Crippen LogP contribution is -2.43. The molecule has 0 radical (unpaired) electrons. The number of ketones is 1. The number of hydrogen-bond acceptors (Lipinski definition) is 8. The predicted octanol–water partition coefficient (Wildman–Crippen LogP) is 2.78. The van der Waals surface area contributed by atoms with Gasteiger partial charge in [-0.05, 0) is 48.7 Å². The SMILES string of the molecule is O=C(O)CC(NC(=O)c1ccc(CNS(=O)(=O)c2ccc(O)c(C(=O)O)c2)cc1)C(=O)CSC1CCCCC1. The molecule has 1 amide bonds. The number of carboxylic acid groups (broad SMARTS) is 2. The number of aliphatic carboxylic acids is 1. The fraction of sp³-hybridized carbons (Fsp3) is 0.385. The lowest BCUT2D eigenvalue weighted by molar-refractivity contribution is -0.139. The van der Waals surface area contributed by atoms with Crippen LogP contribution in [-0.2, 0) is 26.2 Å². The van der Waals surface area contributed by atoms with Crippen molar-refractivity contribution in [2.45, 2.75) is 61.3 Å². The summed E-state index contributed by atoms with van der Waals surface area (Å²) < 4.78 is 27.4. The van der Waals surface area contributed by atoms with Gasteiger partial charge in [-0.25, -0.2) is 17.9 Å². The van der Waals surface area contributed by atoms with Gasteiger partial charge in [-0.1, -0.05) is 31.4 Å². The Hall–Kier alpha value is -3.42. The van der Waals surface area contributed by atoms with Crippen LogP contribution in [-0.4, -0.2) is 64.4 Å². The molecule has 0 saturated heterocycles. The van der Waals surface area contributed by atoms with Gasteiger partial charge in [-0.15, -0.1) is 0 Å². The number of carboxylic acids is 2. The highest BCUT2D eigenvalue weighted by atomic mass is 32.2. The van der Waals surface area contributed by atoms with E-state index in [9.17, 15) is 37.8 Å². The lowest BCUT2D eigenvalue weighted by atomic mass is 10.0. The normalized spacial score (nSPS) is 14.9. The first-order valence-corrected chi connectivity index (χ1v) is 14.8. The molecule has 0 aliphatic heterocycles. The van der Waals surface area contributed by atoms with Crippen molar-refractivity contribution in [3.05, 3.63) is 59.2 Å². The van der Waals surface area contributed by atoms with Gasteiger partial charge in [0.15, 0.2) is 5.78 Å². The number of carbonyl (C=O) groups excluding carboxylic acids is 2. The number of benzene rings is 2. The van der Waals surface area contributed by atoms with Crippen LogP contribution in [0.5, 0.6) is 5.75 Å². The minimum Gasteiger partial charge on any atom is -0.507 e. The smallest absolute Gasteiger partial charge is 0.339 e. The number of amides is 1. The fourth-order valence-corrected chi connectivity index (χ4v) is 6.39. The van der Waals surface area contributed by atoms with E-state index in [1.54, 1.807) is 0 Å². The standard InChI is InChI=1S/C26H30N2O9S2/c29-22-11-10-19(12-20(22)26(34)35)39(36,37)27-14-16-6-8-17(9-7-16)25(33)28-21(13-24(31)32)23(30)15-38-18-4-2-1-3-5-18/h6-12,18,21,27,29H,1-5,13-15H2,(H,28,33)(H,31,32)(H,34,35). The second kappa shape index (κ2) is 13.6. The van der Waals surface area contributed by atoms with E-state index in [1.165, 1.54) is 42.4 Å². The first-order valence-electron chi connectivity index (χ1n) is 12.3. The van der Waals surface area contributed by atoms with E-state index in [-0.39, 0.29) is 28.5 Å². The van der Waals surface area contributed by atoms with Crippen molar-refractivity contribution in [1.82, 2.24) is 10.0 Å². The van der Waals surface area contributed by atoms with Crippen LogP contribution in [0.15, 0.2) is 47.4 Å². The van der Waals surface area contributed by atoms with Crippen LogP contribution in [0.1, 0.15) is 64.8 Å². The van der Waals surface area contributed by atoms with Crippen molar-refractivity contribution in [3.63, 3.8) is 0 Å². The summed E-state index contributed by atoms with van der Waals surface area (Å²) in [7, 11) is -4.11. The van der Waals surface area contributed by atoms with E-state index < -0.39 is 51.6 Å². The van der Waals surface area contributed by atoms with E-state index >= 15 is 0 Å². The highest BCUT2D eigenvalue weighted by Gasteiger charge is 2.26. The zero-order valence-corrected chi connectivity index (χ0v) is 22.6. The highest BCUT2D eigenvalue weighted by Crippen LogP contribution is 2.28. The van der Waals surface area contributed by atoms with Gasteiger partial charge in [-0.2, -0.15) is 11.8 Å². The van der Waals surface area contributed by atoms with Crippen molar-refractivity contribution in [3.8, 4) is 5.75 Å². The van der Waals surface area contributed by atoms with Gasteiger partial charge in [-0.3, -0.25) is 14.4 Å². The molecule has 0 spiro atoms. The van der Waals surface area contributed by atoms with Gasteiger partial charge in [0.05, 0.1) is 23.1 Å². The largest absolute Gasteiger partial charge is 0.507 e. The van der Waals surface area contributed by atoms with Crippen molar-refractivity contribution in [2.24, 2.45) is 0 Å². The highest BCUT2D eigenvalue weighted by molar-refractivity contribution is 8.00. The summed E-state index contributed by atoms with van der Waals surface area (Å²) in [5.41, 5.74) is 0.0873. The van der Waals surface area contributed by atoms with Crippen LogP contribution < -0.4 is 10.0 Å². The van der Waals surface area contributed by atoms with Gasteiger partial charge in [0.2, 0.25) is 10.0 Å². The molecule has 2 aromatic carbocycles. The first kappa shape index (κ1) is 30.1. The minimum atomic E-state index is -4.11. The van der Waals surface area contributed by atoms with Crippen LogP contribution in [0.3, 0.4) is 0 Å².